The largest absolute Gasteiger partial charge is 0.478 e. The lowest BCUT2D eigenvalue weighted by molar-refractivity contribution is -0.132. The van der Waals surface area contributed by atoms with Crippen molar-refractivity contribution >= 4 is 24.5 Å². The zero-order valence-corrected chi connectivity index (χ0v) is 11.3. The number of carbonyl (C=O) groups is 1. The van der Waals surface area contributed by atoms with Crippen LogP contribution in [0.4, 0.5) is 0 Å². The fourth-order valence-electron chi connectivity index (χ4n) is 1.62. The molecule has 0 amide bonds. The molecule has 0 aliphatic heterocycles. The predicted molar refractivity (Wildman–Crippen MR) is 76.3 cm³/mol. The monoisotopic (exact) mass is 278 g/mol. The summed E-state index contributed by atoms with van der Waals surface area (Å²) in [5.41, 5.74) is 2.37. The number of halogens is 1. The molecule has 0 saturated carbocycles. The molecule has 2 aromatic rings. The number of benzene rings is 1. The Morgan fingerprint density at radius 2 is 2.05 bits per heavy atom. The first kappa shape index (κ1) is 15.0. The molecule has 1 aromatic heterocycles. The second kappa shape index (κ2) is 6.75. The molecule has 4 nitrogen and oxygen atoms in total. The number of aromatic nitrogens is 2. The Labute approximate surface area is 117 Å². The van der Waals surface area contributed by atoms with Crippen molar-refractivity contribution in [3.63, 3.8) is 0 Å². The summed E-state index contributed by atoms with van der Waals surface area (Å²) in [4.78, 5) is 14.7. The predicted octanol–water partition coefficient (Wildman–Crippen LogP) is 2.84. The highest BCUT2D eigenvalue weighted by molar-refractivity contribution is 5.91. The van der Waals surface area contributed by atoms with E-state index in [1.54, 1.807) is 25.5 Å². The van der Waals surface area contributed by atoms with Crippen LogP contribution in [0.2, 0.25) is 0 Å². The molecule has 0 aliphatic rings. The van der Waals surface area contributed by atoms with Crippen LogP contribution < -0.4 is 0 Å². The summed E-state index contributed by atoms with van der Waals surface area (Å²) >= 11 is 0. The van der Waals surface area contributed by atoms with E-state index in [4.69, 9.17) is 5.11 Å². The van der Waals surface area contributed by atoms with Gasteiger partial charge in [0.2, 0.25) is 0 Å². The van der Waals surface area contributed by atoms with Crippen LogP contribution >= 0.6 is 12.4 Å². The lowest BCUT2D eigenvalue weighted by atomic mass is 10.1. The average molecular weight is 279 g/mol. The Bertz CT molecular complexity index is 560. The van der Waals surface area contributed by atoms with Crippen LogP contribution in [0.3, 0.4) is 0 Å². The fourth-order valence-corrected chi connectivity index (χ4v) is 1.62. The first-order valence-corrected chi connectivity index (χ1v) is 5.61. The molecule has 1 aromatic carbocycles. The van der Waals surface area contributed by atoms with E-state index in [2.05, 4.69) is 4.98 Å². The normalized spacial score (nSPS) is 10.9. The Hall–Kier alpha value is -2.07. The van der Waals surface area contributed by atoms with Crippen LogP contribution in [0.1, 0.15) is 18.1 Å². The van der Waals surface area contributed by atoms with Crippen molar-refractivity contribution < 1.29 is 9.90 Å². The Morgan fingerprint density at radius 3 is 2.58 bits per heavy atom. The van der Waals surface area contributed by atoms with E-state index in [0.29, 0.717) is 5.57 Å². The van der Waals surface area contributed by atoms with Gasteiger partial charge >= 0.3 is 5.97 Å². The first-order chi connectivity index (χ1) is 8.65. The van der Waals surface area contributed by atoms with Crippen molar-refractivity contribution in [3.05, 3.63) is 59.7 Å². The van der Waals surface area contributed by atoms with Crippen molar-refractivity contribution in [1.29, 1.82) is 0 Å². The van der Waals surface area contributed by atoms with Gasteiger partial charge in [-0.1, -0.05) is 24.3 Å². The summed E-state index contributed by atoms with van der Waals surface area (Å²) in [6.07, 6.45) is 7.07. The summed E-state index contributed by atoms with van der Waals surface area (Å²) in [6, 6.07) is 7.80. The third kappa shape index (κ3) is 4.26. The van der Waals surface area contributed by atoms with Gasteiger partial charge in [0.25, 0.3) is 0 Å². The van der Waals surface area contributed by atoms with Gasteiger partial charge < -0.3 is 9.67 Å². The highest BCUT2D eigenvalue weighted by Gasteiger charge is 2.00. The number of hydrogen-bond acceptors (Lipinski definition) is 2. The van der Waals surface area contributed by atoms with Crippen molar-refractivity contribution in [1.82, 2.24) is 9.55 Å². The number of carboxylic acids is 1. The molecule has 0 aliphatic carbocycles. The molecule has 1 N–H and O–H groups in total. The molecule has 0 unspecified atom stereocenters. The standard InChI is InChI=1S/C14H14N2O2.ClH/c1-11(14(17)18)8-12-2-4-13(5-3-12)9-16-7-6-15-10-16;/h2-8,10H,9H2,1H3,(H,17,18);1H/b11-8+;. The summed E-state index contributed by atoms with van der Waals surface area (Å²) < 4.78 is 1.98. The third-order valence-electron chi connectivity index (χ3n) is 2.62. The maximum absolute atomic E-state index is 10.7. The number of carboxylic acid groups (broad SMARTS) is 1. The zero-order valence-electron chi connectivity index (χ0n) is 10.5. The van der Waals surface area contributed by atoms with Crippen molar-refractivity contribution in [3.8, 4) is 0 Å². The summed E-state index contributed by atoms with van der Waals surface area (Å²) in [7, 11) is 0. The van der Waals surface area contributed by atoms with Gasteiger partial charge in [0.05, 0.1) is 6.33 Å². The minimum atomic E-state index is -0.891. The second-order valence-corrected chi connectivity index (χ2v) is 4.11. The number of hydrogen-bond donors (Lipinski definition) is 1. The van der Waals surface area contributed by atoms with E-state index >= 15 is 0 Å². The minimum absolute atomic E-state index is 0. The van der Waals surface area contributed by atoms with Gasteiger partial charge in [0.15, 0.2) is 0 Å². The van der Waals surface area contributed by atoms with Gasteiger partial charge in [-0.05, 0) is 24.1 Å². The summed E-state index contributed by atoms with van der Waals surface area (Å²) in [5, 5.41) is 8.79. The maximum Gasteiger partial charge on any atom is 0.331 e. The van der Waals surface area contributed by atoms with Gasteiger partial charge in [-0.2, -0.15) is 0 Å². The molecule has 0 saturated heterocycles. The van der Waals surface area contributed by atoms with E-state index in [-0.39, 0.29) is 12.4 Å². The van der Waals surface area contributed by atoms with Crippen molar-refractivity contribution in [2.24, 2.45) is 0 Å². The van der Waals surface area contributed by atoms with Gasteiger partial charge in [-0.25, -0.2) is 9.78 Å². The van der Waals surface area contributed by atoms with Gasteiger partial charge in [0, 0.05) is 24.5 Å². The van der Waals surface area contributed by atoms with Crippen molar-refractivity contribution in [2.75, 3.05) is 0 Å². The topological polar surface area (TPSA) is 55.1 Å². The van der Waals surface area contributed by atoms with Crippen LogP contribution in [0.5, 0.6) is 0 Å². The number of aliphatic carboxylic acids is 1. The molecule has 19 heavy (non-hydrogen) atoms. The first-order valence-electron chi connectivity index (χ1n) is 5.61. The molecule has 5 heteroatoms. The lowest BCUT2D eigenvalue weighted by Crippen LogP contribution is -1.97. The molecule has 0 fully saturated rings. The molecule has 0 spiro atoms. The third-order valence-corrected chi connectivity index (χ3v) is 2.62. The minimum Gasteiger partial charge on any atom is -0.478 e. The quantitative estimate of drug-likeness (QED) is 0.875. The van der Waals surface area contributed by atoms with Crippen LogP contribution in [0, 0.1) is 0 Å². The maximum atomic E-state index is 10.7. The van der Waals surface area contributed by atoms with Crippen LogP contribution in [0.15, 0.2) is 48.6 Å². The van der Waals surface area contributed by atoms with Crippen LogP contribution in [0.25, 0.3) is 6.08 Å². The molecule has 100 valence electrons. The molecule has 0 bridgehead atoms. The molecular weight excluding hydrogens is 264 g/mol. The van der Waals surface area contributed by atoms with Crippen LogP contribution in [-0.4, -0.2) is 20.6 Å². The fraction of sp³-hybridized carbons (Fsp3) is 0.143. The Kier molecular flexibility index (Phi) is 5.33. The van der Waals surface area contributed by atoms with E-state index in [0.717, 1.165) is 17.7 Å². The van der Waals surface area contributed by atoms with Crippen molar-refractivity contribution in [2.45, 2.75) is 13.5 Å². The molecule has 0 radical (unpaired) electrons. The molecule has 0 atom stereocenters. The number of nitrogens with zero attached hydrogens (tertiary/aromatic N) is 2. The lowest BCUT2D eigenvalue weighted by Gasteiger charge is -2.03. The van der Waals surface area contributed by atoms with E-state index in [1.165, 1.54) is 0 Å². The Balaban J connectivity index is 0.00000180. The summed E-state index contributed by atoms with van der Waals surface area (Å²) in [5.74, 6) is -0.891. The Morgan fingerprint density at radius 1 is 1.37 bits per heavy atom. The molecule has 1 heterocycles. The highest BCUT2D eigenvalue weighted by atomic mass is 35.5. The average Bonchev–Trinajstić information content (AvgIpc) is 2.84. The van der Waals surface area contributed by atoms with E-state index < -0.39 is 5.97 Å². The molecule has 2 rings (SSSR count). The van der Waals surface area contributed by atoms with Gasteiger partial charge in [0.1, 0.15) is 0 Å². The summed E-state index contributed by atoms with van der Waals surface area (Å²) in [6.45, 7) is 2.35. The molecular formula is C14H15ClN2O2. The number of imidazole rings is 1. The second-order valence-electron chi connectivity index (χ2n) is 4.11. The van der Waals surface area contributed by atoms with Gasteiger partial charge in [-0.3, -0.25) is 0 Å². The van der Waals surface area contributed by atoms with Crippen LogP contribution in [-0.2, 0) is 11.3 Å². The zero-order chi connectivity index (χ0) is 13.0. The van der Waals surface area contributed by atoms with Gasteiger partial charge in [-0.15, -0.1) is 12.4 Å². The number of rotatable bonds is 4. The van der Waals surface area contributed by atoms with E-state index in [9.17, 15) is 4.79 Å². The van der Waals surface area contributed by atoms with E-state index in [1.807, 2.05) is 35.0 Å². The SMILES string of the molecule is C/C(=C\c1ccc(Cn2ccnc2)cc1)C(=O)O.Cl. The smallest absolute Gasteiger partial charge is 0.331 e. The highest BCUT2D eigenvalue weighted by Crippen LogP contribution is 2.10.